The highest BCUT2D eigenvalue weighted by Gasteiger charge is 2.20. The Morgan fingerprint density at radius 1 is 1.31 bits per heavy atom. The Labute approximate surface area is 95.1 Å². The molecule has 1 saturated carbocycles. The first-order valence-corrected chi connectivity index (χ1v) is 5.83. The molecule has 1 heterocycles. The van der Waals surface area contributed by atoms with E-state index in [9.17, 15) is 0 Å². The lowest BCUT2D eigenvalue weighted by atomic mass is 10.1. The molecule has 1 aromatic heterocycles. The Morgan fingerprint density at radius 2 is 2.12 bits per heavy atom. The van der Waals surface area contributed by atoms with E-state index in [1.807, 2.05) is 18.2 Å². The Morgan fingerprint density at radius 3 is 2.88 bits per heavy atom. The molecule has 2 heteroatoms. The van der Waals surface area contributed by atoms with Crippen LogP contribution in [0.25, 0.3) is 11.0 Å². The van der Waals surface area contributed by atoms with Gasteiger partial charge >= 0.3 is 0 Å². The minimum atomic E-state index is 0.627. The zero-order valence-corrected chi connectivity index (χ0v) is 9.16. The summed E-state index contributed by atoms with van der Waals surface area (Å²) in [4.78, 5) is 8.05. The van der Waals surface area contributed by atoms with E-state index in [4.69, 9.17) is 6.42 Å². The van der Waals surface area contributed by atoms with Crippen molar-refractivity contribution < 1.29 is 0 Å². The molecule has 2 nitrogen and oxygen atoms in total. The van der Waals surface area contributed by atoms with E-state index in [1.165, 1.54) is 25.7 Å². The van der Waals surface area contributed by atoms with Crippen LogP contribution in [0.3, 0.4) is 0 Å². The number of hydrogen-bond acceptors (Lipinski definition) is 1. The van der Waals surface area contributed by atoms with Crippen molar-refractivity contribution in [2.75, 3.05) is 0 Å². The van der Waals surface area contributed by atoms with E-state index in [0.717, 1.165) is 22.4 Å². The van der Waals surface area contributed by atoms with Gasteiger partial charge in [0, 0.05) is 11.5 Å². The lowest BCUT2D eigenvalue weighted by Gasteiger charge is -2.02. The summed E-state index contributed by atoms with van der Waals surface area (Å²) in [6, 6.07) is 5.95. The van der Waals surface area contributed by atoms with E-state index >= 15 is 0 Å². The van der Waals surface area contributed by atoms with Crippen molar-refractivity contribution >= 4 is 11.0 Å². The summed E-state index contributed by atoms with van der Waals surface area (Å²) < 4.78 is 0. The van der Waals surface area contributed by atoms with Crippen LogP contribution in [0.5, 0.6) is 0 Å². The quantitative estimate of drug-likeness (QED) is 0.719. The fourth-order valence-corrected chi connectivity index (χ4v) is 2.51. The van der Waals surface area contributed by atoms with Gasteiger partial charge in [-0.3, -0.25) is 0 Å². The van der Waals surface area contributed by atoms with Crippen LogP contribution in [0.4, 0.5) is 0 Å². The first kappa shape index (κ1) is 9.47. The van der Waals surface area contributed by atoms with Gasteiger partial charge in [-0.05, 0) is 31.0 Å². The number of H-pyrrole nitrogens is 1. The summed E-state index contributed by atoms with van der Waals surface area (Å²) in [5.41, 5.74) is 3.01. The fourth-order valence-electron chi connectivity index (χ4n) is 2.51. The highest BCUT2D eigenvalue weighted by molar-refractivity contribution is 5.77. The molecule has 3 rings (SSSR count). The van der Waals surface area contributed by atoms with Gasteiger partial charge in [-0.1, -0.05) is 18.8 Å². The van der Waals surface area contributed by atoms with Gasteiger partial charge in [-0.15, -0.1) is 6.42 Å². The molecule has 0 unspecified atom stereocenters. The molecule has 0 saturated heterocycles. The van der Waals surface area contributed by atoms with Crippen LogP contribution >= 0.6 is 0 Å². The molecule has 0 atom stereocenters. The largest absolute Gasteiger partial charge is 0.342 e. The van der Waals surface area contributed by atoms with Gasteiger partial charge in [-0.2, -0.15) is 0 Å². The molecule has 0 aliphatic heterocycles. The number of nitrogens with zero attached hydrogens (tertiary/aromatic N) is 1. The Balaban J connectivity index is 2.05. The lowest BCUT2D eigenvalue weighted by Crippen LogP contribution is -1.93. The van der Waals surface area contributed by atoms with Gasteiger partial charge < -0.3 is 4.98 Å². The van der Waals surface area contributed by atoms with Gasteiger partial charge in [0.05, 0.1) is 11.0 Å². The minimum Gasteiger partial charge on any atom is -0.342 e. The molecular weight excluding hydrogens is 196 g/mol. The molecule has 0 amide bonds. The molecule has 16 heavy (non-hydrogen) atoms. The van der Waals surface area contributed by atoms with Crippen LogP contribution in [0.2, 0.25) is 0 Å². The highest BCUT2D eigenvalue weighted by atomic mass is 14.9. The Kier molecular flexibility index (Phi) is 2.18. The third kappa shape index (κ3) is 1.49. The maximum Gasteiger partial charge on any atom is 0.110 e. The third-order valence-corrected chi connectivity index (χ3v) is 3.41. The predicted molar refractivity (Wildman–Crippen MR) is 65.2 cm³/mol. The summed E-state index contributed by atoms with van der Waals surface area (Å²) >= 11 is 0. The Bertz CT molecular complexity index is 554. The molecule has 0 bridgehead atoms. The lowest BCUT2D eigenvalue weighted by molar-refractivity contribution is 0.681. The van der Waals surface area contributed by atoms with Crippen molar-refractivity contribution in [2.24, 2.45) is 0 Å². The van der Waals surface area contributed by atoms with Crippen LogP contribution < -0.4 is 0 Å². The molecule has 80 valence electrons. The van der Waals surface area contributed by atoms with Crippen LogP contribution in [0.1, 0.15) is 43.0 Å². The van der Waals surface area contributed by atoms with Gasteiger partial charge in [0.25, 0.3) is 0 Å². The first-order chi connectivity index (χ1) is 7.86. The fraction of sp³-hybridized carbons (Fsp3) is 0.357. The molecule has 2 aromatic rings. The van der Waals surface area contributed by atoms with E-state index in [0.29, 0.717) is 5.92 Å². The second kappa shape index (κ2) is 3.68. The zero-order chi connectivity index (χ0) is 11.0. The smallest absolute Gasteiger partial charge is 0.110 e. The SMILES string of the molecule is C#Cc1ccc2nc(C3CCCC3)[nH]c2c1. The average Bonchev–Trinajstić information content (AvgIpc) is 2.96. The normalized spacial score (nSPS) is 16.7. The van der Waals surface area contributed by atoms with Crippen molar-refractivity contribution in [2.45, 2.75) is 31.6 Å². The number of hydrogen-bond donors (Lipinski definition) is 1. The Hall–Kier alpha value is -1.75. The van der Waals surface area contributed by atoms with Gasteiger partial charge in [0.15, 0.2) is 0 Å². The number of imidazole rings is 1. The van der Waals surface area contributed by atoms with Crippen molar-refractivity contribution in [3.63, 3.8) is 0 Å². The van der Waals surface area contributed by atoms with Crippen LogP contribution in [0, 0.1) is 12.3 Å². The molecule has 1 aromatic carbocycles. The maximum atomic E-state index is 5.39. The summed E-state index contributed by atoms with van der Waals surface area (Å²) in [6.45, 7) is 0. The topological polar surface area (TPSA) is 28.7 Å². The molecule has 1 aliphatic rings. The molecule has 1 aliphatic carbocycles. The summed E-state index contributed by atoms with van der Waals surface area (Å²) in [5, 5.41) is 0. The summed E-state index contributed by atoms with van der Waals surface area (Å²) in [5.74, 6) is 4.42. The van der Waals surface area contributed by atoms with E-state index in [-0.39, 0.29) is 0 Å². The van der Waals surface area contributed by atoms with Crippen molar-refractivity contribution in [1.29, 1.82) is 0 Å². The zero-order valence-electron chi connectivity index (χ0n) is 9.16. The van der Waals surface area contributed by atoms with Crippen molar-refractivity contribution in [3.05, 3.63) is 29.6 Å². The molecule has 0 radical (unpaired) electrons. The molecule has 1 N–H and O–H groups in total. The van der Waals surface area contributed by atoms with E-state index in [2.05, 4.69) is 15.9 Å². The number of aromatic amines is 1. The molecular formula is C14H14N2. The van der Waals surface area contributed by atoms with E-state index in [1.54, 1.807) is 0 Å². The van der Waals surface area contributed by atoms with Gasteiger partial charge in [-0.25, -0.2) is 4.98 Å². The van der Waals surface area contributed by atoms with Crippen LogP contribution in [-0.4, -0.2) is 9.97 Å². The predicted octanol–water partition coefficient (Wildman–Crippen LogP) is 3.20. The van der Waals surface area contributed by atoms with Crippen LogP contribution in [0.15, 0.2) is 18.2 Å². The second-order valence-electron chi connectivity index (χ2n) is 4.48. The van der Waals surface area contributed by atoms with Gasteiger partial charge in [0.2, 0.25) is 0 Å². The van der Waals surface area contributed by atoms with Gasteiger partial charge in [0.1, 0.15) is 5.82 Å². The number of fused-ring (bicyclic) bond motifs is 1. The summed E-state index contributed by atoms with van der Waals surface area (Å²) in [7, 11) is 0. The van der Waals surface area contributed by atoms with Crippen molar-refractivity contribution in [1.82, 2.24) is 9.97 Å². The third-order valence-electron chi connectivity index (χ3n) is 3.41. The van der Waals surface area contributed by atoms with E-state index < -0.39 is 0 Å². The number of aromatic nitrogens is 2. The number of nitrogens with one attached hydrogen (secondary N) is 1. The molecule has 1 fully saturated rings. The number of benzene rings is 1. The van der Waals surface area contributed by atoms with Crippen LogP contribution in [-0.2, 0) is 0 Å². The van der Waals surface area contributed by atoms with Crippen molar-refractivity contribution in [3.8, 4) is 12.3 Å². The summed E-state index contributed by atoms with van der Waals surface area (Å²) in [6.07, 6.45) is 10.6. The highest BCUT2D eigenvalue weighted by Crippen LogP contribution is 2.33. The monoisotopic (exact) mass is 210 g/mol. The standard InChI is InChI=1S/C14H14N2/c1-2-10-7-8-12-13(9-10)16-14(15-12)11-5-3-4-6-11/h1,7-9,11H,3-6H2,(H,15,16). The first-order valence-electron chi connectivity index (χ1n) is 5.83. The number of rotatable bonds is 1. The maximum absolute atomic E-state index is 5.39. The minimum absolute atomic E-state index is 0.627. The number of terminal acetylenes is 1. The average molecular weight is 210 g/mol. The second-order valence-corrected chi connectivity index (χ2v) is 4.48. The molecule has 0 spiro atoms.